The number of carbonyl (C=O) groups is 1. The number of likely N-dealkylation sites (N-methyl/N-ethyl adjacent to an activating group) is 1. The number of aromatic hydroxyl groups is 1. The normalized spacial score (nSPS) is 16.4. The molecule has 1 atom stereocenters. The lowest BCUT2D eigenvalue weighted by Gasteiger charge is -2.32. The van der Waals surface area contributed by atoms with Gasteiger partial charge in [-0.15, -0.1) is 0 Å². The van der Waals surface area contributed by atoms with Crippen molar-refractivity contribution in [2.24, 2.45) is 0 Å². The predicted molar refractivity (Wildman–Crippen MR) is 113 cm³/mol. The Bertz CT molecular complexity index is 1010. The van der Waals surface area contributed by atoms with Gasteiger partial charge >= 0.3 is 0 Å². The molecule has 0 saturated carbocycles. The first-order valence-electron chi connectivity index (χ1n) is 10.1. The van der Waals surface area contributed by atoms with Crippen LogP contribution >= 0.6 is 0 Å². The molecule has 3 N–H and O–H groups in total. The fourth-order valence-electron chi connectivity index (χ4n) is 3.95. The molecular weight excluding hydrogens is 364 g/mol. The van der Waals surface area contributed by atoms with Gasteiger partial charge in [0.25, 0.3) is 5.91 Å². The first-order valence-corrected chi connectivity index (χ1v) is 10.1. The largest absolute Gasteiger partial charge is 0.493 e. The Balaban J connectivity index is 1.48. The second kappa shape index (κ2) is 8.39. The van der Waals surface area contributed by atoms with Crippen LogP contribution in [-0.2, 0) is 6.54 Å². The number of pyridine rings is 1. The minimum atomic E-state index is 0.0286. The molecule has 6 nitrogen and oxygen atoms in total. The highest BCUT2D eigenvalue weighted by molar-refractivity contribution is 5.98. The number of H-pyrrole nitrogens is 1. The minimum Gasteiger partial charge on any atom is -0.493 e. The standard InChI is InChI=1S/C23H26N4O2/c1-2-27(23(29)21-13-17-6-3-4-9-20(17)26-21)19-8-5-7-18(14-19)25-15-16-10-11-24-22(28)12-16/h3-4,6,9-14,19,25-26H,2,5,7-8,15H2,1H3,(H,24,28)/t19-/m0/s1. The Hall–Kier alpha value is -3.28. The lowest BCUT2D eigenvalue weighted by molar-refractivity contribution is 0.0706. The van der Waals surface area contributed by atoms with Crippen LogP contribution in [0.3, 0.4) is 0 Å². The first-order chi connectivity index (χ1) is 14.1. The number of para-hydroxylation sites is 1. The highest BCUT2D eigenvalue weighted by Crippen LogP contribution is 2.24. The Labute approximate surface area is 170 Å². The van der Waals surface area contributed by atoms with Gasteiger partial charge in [-0.25, -0.2) is 4.98 Å². The average molecular weight is 390 g/mol. The van der Waals surface area contributed by atoms with E-state index in [2.05, 4.69) is 21.4 Å². The first kappa shape index (κ1) is 19.1. The number of nitrogens with zero attached hydrogens (tertiary/aromatic N) is 2. The van der Waals surface area contributed by atoms with Crippen LogP contribution in [0.2, 0.25) is 0 Å². The van der Waals surface area contributed by atoms with E-state index >= 15 is 0 Å². The van der Waals surface area contributed by atoms with Crippen LogP contribution in [-0.4, -0.2) is 38.5 Å². The van der Waals surface area contributed by atoms with Gasteiger partial charge in [0.15, 0.2) is 0 Å². The molecule has 0 aliphatic heterocycles. The average Bonchev–Trinajstić information content (AvgIpc) is 3.17. The smallest absolute Gasteiger partial charge is 0.270 e. The van der Waals surface area contributed by atoms with E-state index in [-0.39, 0.29) is 17.8 Å². The third kappa shape index (κ3) is 4.26. The van der Waals surface area contributed by atoms with Crippen molar-refractivity contribution in [1.82, 2.24) is 20.2 Å². The molecule has 1 aliphatic carbocycles. The van der Waals surface area contributed by atoms with Gasteiger partial charge < -0.3 is 20.3 Å². The van der Waals surface area contributed by atoms with Gasteiger partial charge in [-0.1, -0.05) is 18.2 Å². The Morgan fingerprint density at radius 2 is 2.17 bits per heavy atom. The second-order valence-electron chi connectivity index (χ2n) is 7.39. The molecule has 0 unspecified atom stereocenters. The number of carbonyl (C=O) groups excluding carboxylic acids is 1. The fraction of sp³-hybridized carbons (Fsp3) is 0.304. The molecule has 2 aromatic heterocycles. The highest BCUT2D eigenvalue weighted by Gasteiger charge is 2.25. The van der Waals surface area contributed by atoms with Crippen LogP contribution in [0.5, 0.6) is 5.88 Å². The number of aromatic nitrogens is 2. The van der Waals surface area contributed by atoms with Crippen LogP contribution in [0.4, 0.5) is 0 Å². The van der Waals surface area contributed by atoms with Gasteiger partial charge in [-0.05, 0) is 56.0 Å². The van der Waals surface area contributed by atoms with Gasteiger partial charge in [0.1, 0.15) is 5.69 Å². The summed E-state index contributed by atoms with van der Waals surface area (Å²) in [4.78, 5) is 22.2. The SMILES string of the molecule is CCN(C(=O)c1cc2ccccc2[nH]1)[C@@H]1C=C(NCc2ccnc(O)c2)CCC1. The van der Waals surface area contributed by atoms with E-state index in [0.29, 0.717) is 18.8 Å². The summed E-state index contributed by atoms with van der Waals surface area (Å²) in [6, 6.07) is 13.5. The van der Waals surface area contributed by atoms with E-state index in [9.17, 15) is 9.90 Å². The van der Waals surface area contributed by atoms with E-state index in [1.807, 2.05) is 48.2 Å². The molecular formula is C23H26N4O2. The predicted octanol–water partition coefficient (Wildman–Crippen LogP) is 3.96. The molecule has 6 heteroatoms. The van der Waals surface area contributed by atoms with Gasteiger partial charge in [0.05, 0.1) is 6.04 Å². The summed E-state index contributed by atoms with van der Waals surface area (Å²) in [5.41, 5.74) is 3.73. The van der Waals surface area contributed by atoms with Gasteiger partial charge in [0, 0.05) is 42.0 Å². The third-order valence-corrected chi connectivity index (χ3v) is 5.43. The van der Waals surface area contributed by atoms with E-state index in [0.717, 1.165) is 41.4 Å². The van der Waals surface area contributed by atoms with Gasteiger partial charge in [0.2, 0.25) is 5.88 Å². The highest BCUT2D eigenvalue weighted by atomic mass is 16.3. The maximum Gasteiger partial charge on any atom is 0.270 e. The Morgan fingerprint density at radius 3 is 2.97 bits per heavy atom. The lowest BCUT2D eigenvalue weighted by Crippen LogP contribution is -2.41. The zero-order valence-corrected chi connectivity index (χ0v) is 16.6. The van der Waals surface area contributed by atoms with Crippen molar-refractivity contribution >= 4 is 16.8 Å². The molecule has 1 amide bonds. The van der Waals surface area contributed by atoms with Crippen molar-refractivity contribution in [2.45, 2.75) is 38.8 Å². The quantitative estimate of drug-likeness (QED) is 0.595. The Kier molecular flexibility index (Phi) is 5.51. The molecule has 1 aromatic carbocycles. The summed E-state index contributed by atoms with van der Waals surface area (Å²) < 4.78 is 0. The molecule has 0 fully saturated rings. The van der Waals surface area contributed by atoms with Crippen molar-refractivity contribution in [1.29, 1.82) is 0 Å². The van der Waals surface area contributed by atoms with E-state index < -0.39 is 0 Å². The fourth-order valence-corrected chi connectivity index (χ4v) is 3.95. The molecule has 4 rings (SSSR count). The van der Waals surface area contributed by atoms with Crippen molar-refractivity contribution in [3.63, 3.8) is 0 Å². The second-order valence-corrected chi connectivity index (χ2v) is 7.39. The molecule has 2 heterocycles. The molecule has 1 aliphatic rings. The molecule has 3 aromatic rings. The van der Waals surface area contributed by atoms with E-state index in [1.165, 1.54) is 0 Å². The number of nitrogens with one attached hydrogen (secondary N) is 2. The van der Waals surface area contributed by atoms with Gasteiger partial charge in [-0.3, -0.25) is 4.79 Å². The zero-order valence-electron chi connectivity index (χ0n) is 16.6. The molecule has 150 valence electrons. The molecule has 0 bridgehead atoms. The number of amides is 1. The summed E-state index contributed by atoms with van der Waals surface area (Å²) in [6.45, 7) is 3.30. The topological polar surface area (TPSA) is 81.2 Å². The number of hydrogen-bond donors (Lipinski definition) is 3. The van der Waals surface area contributed by atoms with Crippen molar-refractivity contribution in [3.05, 3.63) is 71.7 Å². The summed E-state index contributed by atoms with van der Waals surface area (Å²) in [5.74, 6) is 0.0612. The number of benzene rings is 1. The Morgan fingerprint density at radius 1 is 1.31 bits per heavy atom. The van der Waals surface area contributed by atoms with Crippen molar-refractivity contribution in [2.75, 3.05) is 6.54 Å². The zero-order chi connectivity index (χ0) is 20.2. The minimum absolute atomic E-state index is 0.0286. The van der Waals surface area contributed by atoms with E-state index in [1.54, 1.807) is 12.3 Å². The molecule has 0 spiro atoms. The van der Waals surface area contributed by atoms with Crippen LogP contribution in [0.15, 0.2) is 60.4 Å². The van der Waals surface area contributed by atoms with Crippen molar-refractivity contribution < 1.29 is 9.90 Å². The van der Waals surface area contributed by atoms with Crippen LogP contribution < -0.4 is 5.32 Å². The monoisotopic (exact) mass is 390 g/mol. The maximum atomic E-state index is 13.2. The maximum absolute atomic E-state index is 13.2. The molecule has 0 radical (unpaired) electrons. The number of rotatable bonds is 6. The third-order valence-electron chi connectivity index (χ3n) is 5.43. The molecule has 0 saturated heterocycles. The number of hydrogen-bond acceptors (Lipinski definition) is 4. The van der Waals surface area contributed by atoms with Crippen LogP contribution in [0, 0.1) is 0 Å². The number of fused-ring (bicyclic) bond motifs is 1. The number of allylic oxidation sites excluding steroid dienone is 1. The summed E-state index contributed by atoms with van der Waals surface area (Å²) >= 11 is 0. The van der Waals surface area contributed by atoms with Crippen LogP contribution in [0.25, 0.3) is 10.9 Å². The summed E-state index contributed by atoms with van der Waals surface area (Å²) in [7, 11) is 0. The van der Waals surface area contributed by atoms with Crippen LogP contribution in [0.1, 0.15) is 42.2 Å². The summed E-state index contributed by atoms with van der Waals surface area (Å²) in [6.07, 6.45) is 6.73. The molecule has 29 heavy (non-hydrogen) atoms. The van der Waals surface area contributed by atoms with E-state index in [4.69, 9.17) is 0 Å². The lowest BCUT2D eigenvalue weighted by atomic mass is 9.98. The van der Waals surface area contributed by atoms with Gasteiger partial charge in [-0.2, -0.15) is 0 Å². The summed E-state index contributed by atoms with van der Waals surface area (Å²) in [5, 5.41) is 14.0. The van der Waals surface area contributed by atoms with Crippen molar-refractivity contribution in [3.8, 4) is 5.88 Å². The number of aromatic amines is 1.